The Balaban J connectivity index is 1.89. The van der Waals surface area contributed by atoms with Crippen molar-refractivity contribution in [2.45, 2.75) is 19.6 Å². The van der Waals surface area contributed by atoms with Crippen LogP contribution in [0.1, 0.15) is 12.5 Å². The number of carbonyl (C=O) groups excluding carboxylic acids is 1. The largest absolute Gasteiger partial charge is 0.481 e. The summed E-state index contributed by atoms with van der Waals surface area (Å²) in [6.45, 7) is 2.02. The fourth-order valence-corrected chi connectivity index (χ4v) is 2.50. The molecule has 2 aromatic carbocycles. The van der Waals surface area contributed by atoms with E-state index in [-0.39, 0.29) is 5.91 Å². The first kappa shape index (κ1) is 17.1. The molecule has 0 unspecified atom stereocenters. The van der Waals surface area contributed by atoms with Gasteiger partial charge in [-0.25, -0.2) is 0 Å². The van der Waals surface area contributed by atoms with Crippen LogP contribution in [0.5, 0.6) is 5.75 Å². The molecular formula is C16H14BrCl2NO2. The Morgan fingerprint density at radius 2 is 1.91 bits per heavy atom. The summed E-state index contributed by atoms with van der Waals surface area (Å²) in [5.41, 5.74) is 0.801. The summed E-state index contributed by atoms with van der Waals surface area (Å²) in [6, 6.07) is 12.5. The van der Waals surface area contributed by atoms with E-state index in [0.29, 0.717) is 22.3 Å². The molecular weight excluding hydrogens is 389 g/mol. The quantitative estimate of drug-likeness (QED) is 0.776. The Labute approximate surface area is 147 Å². The average Bonchev–Trinajstić information content (AvgIpc) is 2.48. The summed E-state index contributed by atoms with van der Waals surface area (Å²) in [4.78, 5) is 12.1. The van der Waals surface area contributed by atoms with E-state index in [9.17, 15) is 4.79 Å². The summed E-state index contributed by atoms with van der Waals surface area (Å²) in [5, 5.41) is 3.87. The number of hydrogen-bond donors (Lipinski definition) is 1. The predicted molar refractivity (Wildman–Crippen MR) is 92.5 cm³/mol. The van der Waals surface area contributed by atoms with Crippen LogP contribution in [0, 0.1) is 0 Å². The molecule has 0 aliphatic heterocycles. The molecule has 6 heteroatoms. The highest BCUT2D eigenvalue weighted by Crippen LogP contribution is 2.21. The van der Waals surface area contributed by atoms with Crippen LogP contribution in [0.3, 0.4) is 0 Å². The van der Waals surface area contributed by atoms with Gasteiger partial charge in [0.05, 0.1) is 0 Å². The minimum absolute atomic E-state index is 0.214. The monoisotopic (exact) mass is 401 g/mol. The van der Waals surface area contributed by atoms with Crippen molar-refractivity contribution in [3.8, 4) is 5.75 Å². The van der Waals surface area contributed by atoms with Gasteiger partial charge in [0, 0.05) is 21.1 Å². The molecule has 1 amide bonds. The second-order valence-corrected chi connectivity index (χ2v) is 6.43. The Kier molecular flexibility index (Phi) is 6.12. The molecule has 2 aromatic rings. The van der Waals surface area contributed by atoms with Crippen molar-refractivity contribution in [2.24, 2.45) is 0 Å². The molecule has 0 saturated carbocycles. The van der Waals surface area contributed by atoms with Crippen LogP contribution in [-0.2, 0) is 11.3 Å². The van der Waals surface area contributed by atoms with Gasteiger partial charge in [0.1, 0.15) is 5.75 Å². The van der Waals surface area contributed by atoms with E-state index in [4.69, 9.17) is 27.9 Å². The molecule has 0 aliphatic carbocycles. The summed E-state index contributed by atoms with van der Waals surface area (Å²) in [6.07, 6.45) is -0.604. The summed E-state index contributed by atoms with van der Waals surface area (Å²) in [5.74, 6) is 0.421. The van der Waals surface area contributed by atoms with Crippen LogP contribution >= 0.6 is 39.1 Å². The van der Waals surface area contributed by atoms with Crippen LogP contribution < -0.4 is 10.1 Å². The lowest BCUT2D eigenvalue weighted by atomic mass is 10.2. The molecule has 3 nitrogen and oxygen atoms in total. The fraction of sp³-hybridized carbons (Fsp3) is 0.188. The zero-order valence-corrected chi connectivity index (χ0v) is 14.9. The van der Waals surface area contributed by atoms with Crippen molar-refractivity contribution < 1.29 is 9.53 Å². The lowest BCUT2D eigenvalue weighted by Gasteiger charge is -2.15. The number of ether oxygens (including phenoxy) is 1. The van der Waals surface area contributed by atoms with Crippen LogP contribution in [0.2, 0.25) is 10.0 Å². The van der Waals surface area contributed by atoms with E-state index >= 15 is 0 Å². The Morgan fingerprint density at radius 3 is 2.55 bits per heavy atom. The van der Waals surface area contributed by atoms with Gasteiger partial charge in [-0.1, -0.05) is 45.2 Å². The van der Waals surface area contributed by atoms with E-state index in [1.54, 1.807) is 37.3 Å². The van der Waals surface area contributed by atoms with Gasteiger partial charge in [0.15, 0.2) is 6.10 Å². The zero-order chi connectivity index (χ0) is 16.1. The van der Waals surface area contributed by atoms with E-state index in [0.717, 1.165) is 10.0 Å². The van der Waals surface area contributed by atoms with Gasteiger partial charge < -0.3 is 10.1 Å². The molecule has 0 heterocycles. The molecule has 1 N–H and O–H groups in total. The Hall–Kier alpha value is -1.23. The van der Waals surface area contributed by atoms with Crippen molar-refractivity contribution in [1.29, 1.82) is 0 Å². The molecule has 116 valence electrons. The third kappa shape index (κ3) is 4.90. The van der Waals surface area contributed by atoms with E-state index in [1.165, 1.54) is 0 Å². The van der Waals surface area contributed by atoms with Crippen LogP contribution in [0.15, 0.2) is 46.9 Å². The maximum atomic E-state index is 12.1. The van der Waals surface area contributed by atoms with Crippen molar-refractivity contribution in [3.63, 3.8) is 0 Å². The van der Waals surface area contributed by atoms with Gasteiger partial charge in [-0.2, -0.15) is 0 Å². The first-order chi connectivity index (χ1) is 10.5. The second-order valence-electron chi connectivity index (χ2n) is 4.67. The van der Waals surface area contributed by atoms with Crippen molar-refractivity contribution >= 4 is 45.0 Å². The number of carbonyl (C=O) groups is 1. The van der Waals surface area contributed by atoms with Gasteiger partial charge >= 0.3 is 0 Å². The fourth-order valence-electron chi connectivity index (χ4n) is 1.76. The van der Waals surface area contributed by atoms with Gasteiger partial charge in [0.25, 0.3) is 5.91 Å². The molecule has 0 spiro atoms. The molecule has 0 aromatic heterocycles. The molecule has 0 radical (unpaired) electrons. The third-order valence-electron chi connectivity index (χ3n) is 2.96. The predicted octanol–water partition coefficient (Wildman–Crippen LogP) is 4.84. The first-order valence-corrected chi connectivity index (χ1v) is 8.14. The number of hydrogen-bond acceptors (Lipinski definition) is 2. The van der Waals surface area contributed by atoms with Gasteiger partial charge in [0.2, 0.25) is 0 Å². The highest BCUT2D eigenvalue weighted by molar-refractivity contribution is 9.10. The van der Waals surface area contributed by atoms with E-state index in [2.05, 4.69) is 21.2 Å². The van der Waals surface area contributed by atoms with Crippen molar-refractivity contribution in [3.05, 3.63) is 62.5 Å². The number of halogens is 3. The maximum absolute atomic E-state index is 12.1. The standard InChI is InChI=1S/C16H14BrCl2NO2/c1-10(22-14-6-3-12(17)4-7-14)16(21)20-9-11-2-5-13(18)8-15(11)19/h2-8,10H,9H2,1H3,(H,20,21)/t10-/m1/s1. The molecule has 0 bridgehead atoms. The van der Waals surface area contributed by atoms with Gasteiger partial charge in [-0.15, -0.1) is 0 Å². The second kappa shape index (κ2) is 7.86. The molecule has 0 fully saturated rings. The SMILES string of the molecule is C[C@@H](Oc1ccc(Br)cc1)C(=O)NCc1ccc(Cl)cc1Cl. The molecule has 0 saturated heterocycles. The minimum atomic E-state index is -0.604. The zero-order valence-electron chi connectivity index (χ0n) is 11.8. The van der Waals surface area contributed by atoms with Gasteiger partial charge in [-0.3, -0.25) is 4.79 Å². The summed E-state index contributed by atoms with van der Waals surface area (Å²) < 4.78 is 6.54. The molecule has 22 heavy (non-hydrogen) atoms. The van der Waals surface area contributed by atoms with Crippen molar-refractivity contribution in [2.75, 3.05) is 0 Å². The van der Waals surface area contributed by atoms with Crippen LogP contribution in [0.4, 0.5) is 0 Å². The first-order valence-electron chi connectivity index (χ1n) is 6.59. The number of nitrogens with one attached hydrogen (secondary N) is 1. The number of amides is 1. The molecule has 0 aliphatic rings. The maximum Gasteiger partial charge on any atom is 0.261 e. The summed E-state index contributed by atoms with van der Waals surface area (Å²) in [7, 11) is 0. The van der Waals surface area contributed by atoms with Crippen molar-refractivity contribution in [1.82, 2.24) is 5.32 Å². The smallest absolute Gasteiger partial charge is 0.261 e. The minimum Gasteiger partial charge on any atom is -0.481 e. The number of rotatable bonds is 5. The van der Waals surface area contributed by atoms with Crippen LogP contribution in [-0.4, -0.2) is 12.0 Å². The molecule has 1 atom stereocenters. The van der Waals surface area contributed by atoms with Gasteiger partial charge in [-0.05, 0) is 48.9 Å². The van der Waals surface area contributed by atoms with E-state index < -0.39 is 6.10 Å². The average molecular weight is 403 g/mol. The lowest BCUT2D eigenvalue weighted by Crippen LogP contribution is -2.35. The van der Waals surface area contributed by atoms with Crippen LogP contribution in [0.25, 0.3) is 0 Å². The summed E-state index contributed by atoms with van der Waals surface area (Å²) >= 11 is 15.2. The lowest BCUT2D eigenvalue weighted by molar-refractivity contribution is -0.127. The highest BCUT2D eigenvalue weighted by Gasteiger charge is 2.14. The topological polar surface area (TPSA) is 38.3 Å². The molecule has 2 rings (SSSR count). The highest BCUT2D eigenvalue weighted by atomic mass is 79.9. The Bertz CT molecular complexity index is 662. The van der Waals surface area contributed by atoms with E-state index in [1.807, 2.05) is 12.1 Å². The normalized spacial score (nSPS) is 11.8. The third-order valence-corrected chi connectivity index (χ3v) is 4.08. The Morgan fingerprint density at radius 1 is 1.23 bits per heavy atom. The number of benzene rings is 2.